The van der Waals surface area contributed by atoms with Crippen LogP contribution in [0.25, 0.3) is 0 Å². The maximum absolute atomic E-state index is 5.47. The SMILES string of the molecule is COC(C)(C)CC(C)N[C@@H](C)c1ccccc1Br. The molecular weight excluding hydrogens is 290 g/mol. The lowest BCUT2D eigenvalue weighted by molar-refractivity contribution is 0.00782. The van der Waals surface area contributed by atoms with E-state index in [9.17, 15) is 0 Å². The zero-order valence-electron chi connectivity index (χ0n) is 12.0. The van der Waals surface area contributed by atoms with Crippen molar-refractivity contribution in [1.29, 1.82) is 0 Å². The molecule has 0 aromatic heterocycles. The van der Waals surface area contributed by atoms with Crippen LogP contribution in [0.5, 0.6) is 0 Å². The van der Waals surface area contributed by atoms with Crippen LogP contribution in [0.15, 0.2) is 28.7 Å². The van der Waals surface area contributed by atoms with Crippen LogP contribution in [0.3, 0.4) is 0 Å². The molecule has 0 saturated heterocycles. The van der Waals surface area contributed by atoms with Gasteiger partial charge in [0.1, 0.15) is 0 Å². The molecule has 0 aliphatic carbocycles. The summed E-state index contributed by atoms with van der Waals surface area (Å²) in [5, 5.41) is 3.62. The standard InChI is InChI=1S/C15H24BrNO/c1-11(10-15(3,4)18-5)17-12(2)13-8-6-7-9-14(13)16/h6-9,11-12,17H,10H2,1-5H3/t11?,12-/m0/s1. The molecule has 1 unspecified atom stereocenters. The normalized spacial score (nSPS) is 15.4. The molecule has 0 bridgehead atoms. The third-order valence-electron chi connectivity index (χ3n) is 3.26. The Labute approximate surface area is 119 Å². The molecule has 2 nitrogen and oxygen atoms in total. The van der Waals surface area contributed by atoms with Gasteiger partial charge in [-0.25, -0.2) is 0 Å². The highest BCUT2D eigenvalue weighted by Crippen LogP contribution is 2.24. The number of rotatable bonds is 6. The summed E-state index contributed by atoms with van der Waals surface area (Å²) in [5.41, 5.74) is 1.21. The minimum Gasteiger partial charge on any atom is -0.379 e. The van der Waals surface area contributed by atoms with Crippen LogP contribution in [0.2, 0.25) is 0 Å². The Bertz CT molecular complexity index is 379. The first kappa shape index (κ1) is 15.7. The molecule has 0 aliphatic rings. The van der Waals surface area contributed by atoms with Gasteiger partial charge in [0, 0.05) is 23.7 Å². The zero-order chi connectivity index (χ0) is 13.8. The van der Waals surface area contributed by atoms with Gasteiger partial charge < -0.3 is 10.1 Å². The molecule has 102 valence electrons. The van der Waals surface area contributed by atoms with Gasteiger partial charge >= 0.3 is 0 Å². The number of benzene rings is 1. The molecule has 0 radical (unpaired) electrons. The van der Waals surface area contributed by atoms with E-state index in [0.717, 1.165) is 10.9 Å². The fourth-order valence-electron chi connectivity index (χ4n) is 2.22. The Balaban J connectivity index is 2.60. The molecular formula is C15H24BrNO. The molecule has 1 N–H and O–H groups in total. The first-order valence-corrected chi connectivity index (χ1v) is 7.20. The van der Waals surface area contributed by atoms with Crippen LogP contribution in [0.1, 0.15) is 45.7 Å². The van der Waals surface area contributed by atoms with E-state index in [2.05, 4.69) is 67.1 Å². The maximum atomic E-state index is 5.47. The molecule has 0 amide bonds. The predicted octanol–water partition coefficient (Wildman–Crippen LogP) is 4.30. The van der Waals surface area contributed by atoms with Crippen molar-refractivity contribution in [2.24, 2.45) is 0 Å². The van der Waals surface area contributed by atoms with Gasteiger partial charge in [-0.05, 0) is 45.7 Å². The van der Waals surface area contributed by atoms with E-state index in [1.54, 1.807) is 7.11 Å². The van der Waals surface area contributed by atoms with E-state index >= 15 is 0 Å². The fraction of sp³-hybridized carbons (Fsp3) is 0.600. The summed E-state index contributed by atoms with van der Waals surface area (Å²) < 4.78 is 6.63. The van der Waals surface area contributed by atoms with Crippen molar-refractivity contribution in [2.45, 2.75) is 51.8 Å². The lowest BCUT2D eigenvalue weighted by Gasteiger charge is -2.29. The molecule has 18 heavy (non-hydrogen) atoms. The Morgan fingerprint density at radius 2 is 1.89 bits per heavy atom. The van der Waals surface area contributed by atoms with E-state index < -0.39 is 0 Å². The smallest absolute Gasteiger partial charge is 0.0637 e. The number of nitrogens with one attached hydrogen (secondary N) is 1. The molecule has 2 atom stereocenters. The number of hydrogen-bond acceptors (Lipinski definition) is 2. The van der Waals surface area contributed by atoms with Gasteiger partial charge in [-0.2, -0.15) is 0 Å². The Hall–Kier alpha value is -0.380. The topological polar surface area (TPSA) is 21.3 Å². The minimum atomic E-state index is -0.0833. The van der Waals surface area contributed by atoms with Crippen LogP contribution in [-0.4, -0.2) is 18.8 Å². The fourth-order valence-corrected chi connectivity index (χ4v) is 2.85. The summed E-state index contributed by atoms with van der Waals surface area (Å²) in [6, 6.07) is 9.07. The van der Waals surface area contributed by atoms with E-state index in [1.165, 1.54) is 5.56 Å². The Kier molecular flexibility index (Phi) is 5.83. The monoisotopic (exact) mass is 313 g/mol. The maximum Gasteiger partial charge on any atom is 0.0637 e. The van der Waals surface area contributed by atoms with Gasteiger partial charge in [-0.15, -0.1) is 0 Å². The molecule has 0 saturated carbocycles. The van der Waals surface area contributed by atoms with Crippen LogP contribution < -0.4 is 5.32 Å². The number of ether oxygens (including phenoxy) is 1. The van der Waals surface area contributed by atoms with Crippen molar-refractivity contribution in [3.63, 3.8) is 0 Å². The molecule has 3 heteroatoms. The Morgan fingerprint density at radius 3 is 2.44 bits per heavy atom. The van der Waals surface area contributed by atoms with Gasteiger partial charge in [0.15, 0.2) is 0 Å². The molecule has 0 heterocycles. The van der Waals surface area contributed by atoms with Gasteiger partial charge in [0.05, 0.1) is 5.60 Å². The van der Waals surface area contributed by atoms with Crippen LogP contribution in [0, 0.1) is 0 Å². The average Bonchev–Trinajstić information content (AvgIpc) is 2.28. The number of methoxy groups -OCH3 is 1. The molecule has 1 rings (SSSR count). The van der Waals surface area contributed by atoms with Gasteiger partial charge in [-0.3, -0.25) is 0 Å². The predicted molar refractivity (Wildman–Crippen MR) is 80.9 cm³/mol. The first-order chi connectivity index (χ1) is 8.35. The van der Waals surface area contributed by atoms with Gasteiger partial charge in [0.2, 0.25) is 0 Å². The molecule has 1 aromatic carbocycles. The van der Waals surface area contributed by atoms with Crippen molar-refractivity contribution < 1.29 is 4.74 Å². The van der Waals surface area contributed by atoms with Crippen molar-refractivity contribution in [1.82, 2.24) is 5.32 Å². The van der Waals surface area contributed by atoms with Crippen molar-refractivity contribution >= 4 is 15.9 Å². The van der Waals surface area contributed by atoms with Crippen molar-refractivity contribution in [3.8, 4) is 0 Å². The quantitative estimate of drug-likeness (QED) is 0.845. The second-order valence-electron chi connectivity index (χ2n) is 5.48. The second kappa shape index (κ2) is 6.69. The van der Waals surface area contributed by atoms with Crippen LogP contribution >= 0.6 is 15.9 Å². The Morgan fingerprint density at radius 1 is 1.28 bits per heavy atom. The first-order valence-electron chi connectivity index (χ1n) is 6.41. The number of hydrogen-bond donors (Lipinski definition) is 1. The van der Waals surface area contributed by atoms with E-state index in [-0.39, 0.29) is 5.60 Å². The van der Waals surface area contributed by atoms with Gasteiger partial charge in [0.25, 0.3) is 0 Å². The summed E-state index contributed by atoms with van der Waals surface area (Å²) in [7, 11) is 1.77. The highest BCUT2D eigenvalue weighted by atomic mass is 79.9. The average molecular weight is 314 g/mol. The zero-order valence-corrected chi connectivity index (χ0v) is 13.5. The largest absolute Gasteiger partial charge is 0.379 e. The van der Waals surface area contributed by atoms with Crippen LogP contribution in [-0.2, 0) is 4.74 Å². The number of halogens is 1. The lowest BCUT2D eigenvalue weighted by Crippen LogP contribution is -2.37. The molecule has 0 aliphatic heterocycles. The summed E-state index contributed by atoms with van der Waals surface area (Å²) in [5.74, 6) is 0. The minimum absolute atomic E-state index is 0.0833. The van der Waals surface area contributed by atoms with E-state index in [1.807, 2.05) is 6.07 Å². The summed E-state index contributed by atoms with van der Waals surface area (Å²) >= 11 is 3.60. The highest BCUT2D eigenvalue weighted by Gasteiger charge is 2.21. The van der Waals surface area contributed by atoms with Crippen molar-refractivity contribution in [2.75, 3.05) is 7.11 Å². The van der Waals surface area contributed by atoms with E-state index in [4.69, 9.17) is 4.74 Å². The van der Waals surface area contributed by atoms with E-state index in [0.29, 0.717) is 12.1 Å². The summed E-state index contributed by atoms with van der Waals surface area (Å²) in [4.78, 5) is 0. The van der Waals surface area contributed by atoms with Crippen LogP contribution in [0.4, 0.5) is 0 Å². The second-order valence-corrected chi connectivity index (χ2v) is 6.33. The summed E-state index contributed by atoms with van der Waals surface area (Å²) in [6.45, 7) is 8.63. The summed E-state index contributed by atoms with van der Waals surface area (Å²) in [6.07, 6.45) is 0.984. The third-order valence-corrected chi connectivity index (χ3v) is 3.98. The van der Waals surface area contributed by atoms with Crippen molar-refractivity contribution in [3.05, 3.63) is 34.3 Å². The molecule has 0 spiro atoms. The highest BCUT2D eigenvalue weighted by molar-refractivity contribution is 9.10. The third kappa shape index (κ3) is 4.71. The lowest BCUT2D eigenvalue weighted by atomic mass is 9.98. The molecule has 1 aromatic rings. The van der Waals surface area contributed by atoms with Gasteiger partial charge in [-0.1, -0.05) is 34.1 Å². The molecule has 0 fully saturated rings.